The minimum Gasteiger partial charge on any atom is -0.497 e. The molecule has 0 heterocycles. The lowest BCUT2D eigenvalue weighted by atomic mass is 9.64. The summed E-state index contributed by atoms with van der Waals surface area (Å²) in [7, 11) is 1.60. The largest absolute Gasteiger partial charge is 0.497 e. The van der Waals surface area contributed by atoms with E-state index in [-0.39, 0.29) is 24.9 Å². The Morgan fingerprint density at radius 3 is 2.49 bits per heavy atom. The van der Waals surface area contributed by atoms with E-state index in [1.165, 1.54) is 5.57 Å². The van der Waals surface area contributed by atoms with Crippen molar-refractivity contribution in [2.24, 2.45) is 5.41 Å². The van der Waals surface area contributed by atoms with Crippen LogP contribution in [0.1, 0.15) is 97.8 Å². The molecule has 4 atom stereocenters. The first kappa shape index (κ1) is 36.3. The zero-order chi connectivity index (χ0) is 36.2. The van der Waals surface area contributed by atoms with Crippen molar-refractivity contribution in [3.05, 3.63) is 124 Å². The molecule has 0 spiro atoms. The Labute approximate surface area is 301 Å². The highest BCUT2D eigenvalue weighted by atomic mass is 16.6. The fraction of sp³-hybridized carbons (Fsp3) is 0.409. The molecular weight excluding hydrogens is 638 g/mol. The Bertz CT molecular complexity index is 1890. The number of ketones is 1. The minimum atomic E-state index is -1.27. The Morgan fingerprint density at radius 1 is 0.961 bits per heavy atom. The third-order valence-electron chi connectivity index (χ3n) is 11.5. The number of nitrogens with zero attached hydrogens (tertiary/aromatic N) is 1. The lowest BCUT2D eigenvalue weighted by molar-refractivity contribution is -0.0820. The van der Waals surface area contributed by atoms with Gasteiger partial charge in [0.25, 0.3) is 0 Å². The van der Waals surface area contributed by atoms with Gasteiger partial charge in [-0.25, -0.2) is 4.79 Å². The summed E-state index contributed by atoms with van der Waals surface area (Å²) in [6.45, 7) is 6.65. The van der Waals surface area contributed by atoms with Crippen molar-refractivity contribution in [3.63, 3.8) is 0 Å². The van der Waals surface area contributed by atoms with Crippen molar-refractivity contribution >= 4 is 22.6 Å². The van der Waals surface area contributed by atoms with Gasteiger partial charge in [-0.2, -0.15) is 0 Å². The topological polar surface area (TPSA) is 96.3 Å². The van der Waals surface area contributed by atoms with Crippen LogP contribution in [0.25, 0.3) is 10.8 Å². The molecule has 0 aliphatic heterocycles. The van der Waals surface area contributed by atoms with E-state index in [1.54, 1.807) is 43.2 Å². The zero-order valence-electron chi connectivity index (χ0n) is 30.4. The van der Waals surface area contributed by atoms with Gasteiger partial charge in [0, 0.05) is 23.1 Å². The van der Waals surface area contributed by atoms with Crippen molar-refractivity contribution in [2.75, 3.05) is 20.3 Å². The molecule has 1 fully saturated rings. The van der Waals surface area contributed by atoms with E-state index < -0.39 is 23.2 Å². The number of ether oxygens (including phenoxy) is 2. The van der Waals surface area contributed by atoms with Gasteiger partial charge in [-0.3, -0.25) is 4.79 Å². The van der Waals surface area contributed by atoms with Crippen LogP contribution in [0.15, 0.2) is 96.6 Å². The lowest BCUT2D eigenvalue weighted by Gasteiger charge is -2.46. The van der Waals surface area contributed by atoms with Gasteiger partial charge in [0.1, 0.15) is 5.75 Å². The second-order valence-electron chi connectivity index (χ2n) is 14.7. The number of rotatable bonds is 8. The number of aliphatic hydroxyl groups is 2. The number of allylic oxidation sites excluding steroid dienone is 2. The number of aliphatic hydroxyl groups excluding tert-OH is 1. The van der Waals surface area contributed by atoms with Crippen molar-refractivity contribution in [3.8, 4) is 5.75 Å². The minimum absolute atomic E-state index is 0.0940. The maximum absolute atomic E-state index is 14.4. The monoisotopic (exact) mass is 689 g/mol. The van der Waals surface area contributed by atoms with Crippen LogP contribution in [0.2, 0.25) is 0 Å². The molecular formula is C44H51NO6. The van der Waals surface area contributed by atoms with Crippen LogP contribution in [-0.2, 0) is 17.7 Å². The van der Waals surface area contributed by atoms with Crippen LogP contribution in [0.4, 0.5) is 4.79 Å². The number of hydrogen-bond donors (Lipinski definition) is 2. The number of amides is 1. The number of benzene rings is 4. The molecule has 7 heteroatoms. The molecule has 7 rings (SSSR count). The molecule has 268 valence electrons. The molecule has 0 saturated heterocycles. The Morgan fingerprint density at radius 2 is 1.73 bits per heavy atom. The second-order valence-corrected chi connectivity index (χ2v) is 14.7. The lowest BCUT2D eigenvalue weighted by Crippen LogP contribution is -2.53. The summed E-state index contributed by atoms with van der Waals surface area (Å²) in [6, 6.07) is 27.4. The second kappa shape index (κ2) is 15.4. The van der Waals surface area contributed by atoms with Crippen LogP contribution in [0.5, 0.6) is 5.75 Å². The van der Waals surface area contributed by atoms with E-state index in [2.05, 4.69) is 38.1 Å². The van der Waals surface area contributed by atoms with Crippen molar-refractivity contribution in [1.29, 1.82) is 0 Å². The van der Waals surface area contributed by atoms with Gasteiger partial charge in [-0.05, 0) is 123 Å². The van der Waals surface area contributed by atoms with Gasteiger partial charge in [0.15, 0.2) is 5.78 Å². The van der Waals surface area contributed by atoms with Gasteiger partial charge in [-0.15, -0.1) is 0 Å². The molecule has 4 unspecified atom stereocenters. The normalized spacial score (nSPS) is 23.6. The molecule has 2 N–H and O–H groups in total. The smallest absolute Gasteiger partial charge is 0.410 e. The maximum atomic E-state index is 14.4. The molecule has 3 aliphatic rings. The molecule has 0 aromatic heterocycles. The highest BCUT2D eigenvalue weighted by molar-refractivity contribution is 6.10. The molecule has 7 nitrogen and oxygen atoms in total. The Kier molecular flexibility index (Phi) is 11.0. The van der Waals surface area contributed by atoms with Crippen LogP contribution in [0.3, 0.4) is 0 Å². The SMILES string of the molecule is CCOC(=O)N(Cc1cccc2ccccc12)CC1(O)CCC2c3ccc(cc3C(=O)c3ccc(OC)cc3)CC(O)CCC(C)=CCCC21C. The highest BCUT2D eigenvalue weighted by Gasteiger charge is 2.57. The average molecular weight is 690 g/mol. The first-order valence-corrected chi connectivity index (χ1v) is 18.3. The Hall–Kier alpha value is -4.46. The van der Waals surface area contributed by atoms with E-state index in [0.29, 0.717) is 55.5 Å². The standard InChI is InChI=1S/C44H51NO6/c1-5-51-42(48)45(28-34-13-8-12-32-11-6-7-14-37(32)34)29-44(49)25-23-40-38-22-16-31(26-35(46)19-15-30(2)10-9-24-43(40,44)3)27-39(38)41(47)33-17-20-36(50-4)21-18-33/h6-8,10-14,16-18,20-22,27,35,40,46,49H,5,9,15,19,23-26,28-29H2,1-4H3. The summed E-state index contributed by atoms with van der Waals surface area (Å²) in [4.78, 5) is 29.7. The summed E-state index contributed by atoms with van der Waals surface area (Å²) in [5, 5.41) is 26.1. The number of hydrogen-bond acceptors (Lipinski definition) is 6. The maximum Gasteiger partial charge on any atom is 0.410 e. The third-order valence-corrected chi connectivity index (χ3v) is 11.5. The molecule has 1 saturated carbocycles. The molecule has 51 heavy (non-hydrogen) atoms. The third kappa shape index (κ3) is 7.61. The van der Waals surface area contributed by atoms with Gasteiger partial charge in [0.2, 0.25) is 0 Å². The molecule has 3 aliphatic carbocycles. The van der Waals surface area contributed by atoms with Crippen LogP contribution >= 0.6 is 0 Å². The fourth-order valence-corrected chi connectivity index (χ4v) is 8.45. The number of fused-ring (bicyclic) bond motifs is 9. The summed E-state index contributed by atoms with van der Waals surface area (Å²) < 4.78 is 10.9. The van der Waals surface area contributed by atoms with Crippen molar-refractivity contribution in [2.45, 2.75) is 89.9 Å². The first-order valence-electron chi connectivity index (χ1n) is 18.3. The predicted molar refractivity (Wildman–Crippen MR) is 201 cm³/mol. The summed E-state index contributed by atoms with van der Waals surface area (Å²) in [5.41, 5.74) is 3.15. The number of carbonyl (C=O) groups excluding carboxylic acids is 2. The van der Waals surface area contributed by atoms with Gasteiger partial charge in [-0.1, -0.05) is 73.2 Å². The fourth-order valence-electron chi connectivity index (χ4n) is 8.45. The number of methoxy groups -OCH3 is 1. The van der Waals surface area contributed by atoms with Crippen LogP contribution in [-0.4, -0.2) is 59.0 Å². The molecule has 4 aromatic rings. The molecule has 1 amide bonds. The molecule has 0 radical (unpaired) electrons. The summed E-state index contributed by atoms with van der Waals surface area (Å²) in [5.74, 6) is 0.398. The average Bonchev–Trinajstić information content (AvgIpc) is 3.38. The predicted octanol–water partition coefficient (Wildman–Crippen LogP) is 8.78. The van der Waals surface area contributed by atoms with Gasteiger partial charge >= 0.3 is 6.09 Å². The summed E-state index contributed by atoms with van der Waals surface area (Å²) >= 11 is 0. The number of carbonyl (C=O) groups is 2. The summed E-state index contributed by atoms with van der Waals surface area (Å²) in [6.07, 6.45) is 5.56. The Balaban J connectivity index is 1.43. The molecule has 2 bridgehead atoms. The van der Waals surface area contributed by atoms with Crippen LogP contribution in [0, 0.1) is 5.41 Å². The van der Waals surface area contributed by atoms with Gasteiger partial charge in [0.05, 0.1) is 32.0 Å². The quantitative estimate of drug-likeness (QED) is 0.142. The molecule has 4 aromatic carbocycles. The van der Waals surface area contributed by atoms with Crippen molar-refractivity contribution < 1.29 is 29.3 Å². The van der Waals surface area contributed by atoms with Gasteiger partial charge < -0.3 is 24.6 Å². The van der Waals surface area contributed by atoms with Crippen molar-refractivity contribution in [1.82, 2.24) is 4.90 Å². The van der Waals surface area contributed by atoms with E-state index in [9.17, 15) is 19.8 Å². The van der Waals surface area contributed by atoms with Crippen LogP contribution < -0.4 is 4.74 Å². The van der Waals surface area contributed by atoms with E-state index >= 15 is 0 Å². The van der Waals surface area contributed by atoms with E-state index in [1.807, 2.05) is 42.5 Å². The zero-order valence-corrected chi connectivity index (χ0v) is 30.4. The highest BCUT2D eigenvalue weighted by Crippen LogP contribution is 2.59. The van der Waals surface area contributed by atoms with E-state index in [4.69, 9.17) is 9.47 Å². The van der Waals surface area contributed by atoms with E-state index in [0.717, 1.165) is 40.3 Å². The first-order chi connectivity index (χ1) is 24.5.